The average molecular weight is 553 g/mol. The Bertz CT molecular complexity index is 421. The van der Waals surface area contributed by atoms with Crippen LogP contribution in [0.3, 0.4) is 0 Å². The Labute approximate surface area is 193 Å². The molecule has 2 aromatic rings. The topological polar surface area (TPSA) is 0 Å². The van der Waals surface area contributed by atoms with Crippen molar-refractivity contribution >= 4 is 9.52 Å². The van der Waals surface area contributed by atoms with Crippen LogP contribution in [0.4, 0.5) is 0 Å². The van der Waals surface area contributed by atoms with E-state index >= 15 is 0 Å². The van der Waals surface area contributed by atoms with Crippen LogP contribution in [0, 0.1) is 13.8 Å². The van der Waals surface area contributed by atoms with E-state index in [1.807, 2.05) is 0 Å². The van der Waals surface area contributed by atoms with Gasteiger partial charge in [-0.1, -0.05) is 66.5 Å². The molecular formula is C20H33Br2SiZr. The smallest absolute Gasteiger partial charge is 1.00 e. The summed E-state index contributed by atoms with van der Waals surface area (Å²) in [7, 11) is 0.815. The van der Waals surface area contributed by atoms with Crippen molar-refractivity contribution in [2.75, 3.05) is 0 Å². The van der Waals surface area contributed by atoms with Crippen LogP contribution in [0.5, 0.6) is 0 Å². The SMILES string of the molecule is CC[SiH]CC.CC[c-]1cccc1C.CC[c-]1cccc1C.[Br-].[Br-].[Zr+4]. The largest absolute Gasteiger partial charge is 4.00 e. The molecule has 2 rings (SSSR count). The van der Waals surface area contributed by atoms with Crippen molar-refractivity contribution in [3.8, 4) is 0 Å². The summed E-state index contributed by atoms with van der Waals surface area (Å²) in [6.07, 6.45) is 2.33. The minimum Gasteiger partial charge on any atom is -1.00 e. The van der Waals surface area contributed by atoms with E-state index in [2.05, 4.69) is 77.9 Å². The summed E-state index contributed by atoms with van der Waals surface area (Å²) in [6.45, 7) is 13.2. The van der Waals surface area contributed by atoms with E-state index in [9.17, 15) is 0 Å². The Hall–Kier alpha value is 0.760. The summed E-state index contributed by atoms with van der Waals surface area (Å²) >= 11 is 0. The van der Waals surface area contributed by atoms with Crippen LogP contribution in [0.15, 0.2) is 36.4 Å². The van der Waals surface area contributed by atoms with Gasteiger partial charge < -0.3 is 34.0 Å². The molecular weight excluding hydrogens is 519 g/mol. The molecule has 24 heavy (non-hydrogen) atoms. The first-order valence-corrected chi connectivity index (χ1v) is 9.97. The predicted octanol–water partition coefficient (Wildman–Crippen LogP) is -0.143. The molecule has 0 spiro atoms. The molecule has 0 bridgehead atoms. The van der Waals surface area contributed by atoms with Gasteiger partial charge in [0.25, 0.3) is 0 Å². The van der Waals surface area contributed by atoms with Gasteiger partial charge in [-0.3, -0.25) is 0 Å². The fraction of sp³-hybridized carbons (Fsp3) is 0.500. The third-order valence-corrected chi connectivity index (χ3v) is 4.79. The van der Waals surface area contributed by atoms with E-state index in [1.54, 1.807) is 0 Å². The van der Waals surface area contributed by atoms with Gasteiger partial charge in [-0.2, -0.15) is 34.4 Å². The minimum atomic E-state index is 0. The Morgan fingerprint density at radius 2 is 1.08 bits per heavy atom. The number of halogens is 2. The van der Waals surface area contributed by atoms with Crippen LogP contribution in [-0.4, -0.2) is 9.52 Å². The molecule has 0 aliphatic rings. The first kappa shape index (κ1) is 32.4. The summed E-state index contributed by atoms with van der Waals surface area (Å²) < 4.78 is 0. The molecule has 4 heteroatoms. The van der Waals surface area contributed by atoms with Crippen molar-refractivity contribution in [2.24, 2.45) is 0 Å². The monoisotopic (exact) mass is 549 g/mol. The molecule has 0 aliphatic carbocycles. The van der Waals surface area contributed by atoms with Crippen LogP contribution in [0.2, 0.25) is 12.1 Å². The van der Waals surface area contributed by atoms with Gasteiger partial charge in [0, 0.05) is 9.52 Å². The summed E-state index contributed by atoms with van der Waals surface area (Å²) in [5.41, 5.74) is 5.80. The van der Waals surface area contributed by atoms with Crippen molar-refractivity contribution in [1.29, 1.82) is 0 Å². The quantitative estimate of drug-likeness (QED) is 0.366. The molecule has 1 radical (unpaired) electrons. The number of rotatable bonds is 4. The minimum absolute atomic E-state index is 0. The van der Waals surface area contributed by atoms with Crippen LogP contribution < -0.4 is 34.0 Å². The molecule has 135 valence electrons. The van der Waals surface area contributed by atoms with Crippen molar-refractivity contribution in [3.05, 3.63) is 58.7 Å². The van der Waals surface area contributed by atoms with Crippen LogP contribution in [0.1, 0.15) is 49.9 Å². The summed E-state index contributed by atoms with van der Waals surface area (Å²) in [6, 6.07) is 15.7. The second-order valence-electron chi connectivity index (χ2n) is 5.28. The Kier molecular flexibility index (Phi) is 29.5. The zero-order chi connectivity index (χ0) is 16.1. The number of aryl methyl sites for hydroxylation is 4. The molecule has 0 nitrogen and oxygen atoms in total. The van der Waals surface area contributed by atoms with Crippen molar-refractivity contribution in [1.82, 2.24) is 0 Å². The maximum absolute atomic E-state index is 2.25. The fourth-order valence-electron chi connectivity index (χ4n) is 2.18. The second kappa shape index (κ2) is 21.8. The normalized spacial score (nSPS) is 8.25. The second-order valence-corrected chi connectivity index (χ2v) is 7.49. The van der Waals surface area contributed by atoms with Gasteiger partial charge in [0.2, 0.25) is 0 Å². The van der Waals surface area contributed by atoms with E-state index in [0.717, 1.165) is 9.52 Å². The van der Waals surface area contributed by atoms with Gasteiger partial charge in [-0.25, -0.2) is 24.3 Å². The van der Waals surface area contributed by atoms with Gasteiger partial charge in [-0.05, 0) is 0 Å². The zero-order valence-electron chi connectivity index (χ0n) is 16.1. The maximum atomic E-state index is 2.25. The summed E-state index contributed by atoms with van der Waals surface area (Å²) in [4.78, 5) is 0. The third kappa shape index (κ3) is 15.0. The average Bonchev–Trinajstić information content (AvgIpc) is 3.09. The van der Waals surface area contributed by atoms with E-state index in [4.69, 9.17) is 0 Å². The first-order chi connectivity index (χ1) is 10.1. The molecule has 0 amide bonds. The van der Waals surface area contributed by atoms with Crippen molar-refractivity contribution < 1.29 is 60.2 Å². The molecule has 0 fully saturated rings. The van der Waals surface area contributed by atoms with Crippen molar-refractivity contribution in [3.63, 3.8) is 0 Å². The fourth-order valence-corrected chi connectivity index (χ4v) is 2.75. The van der Waals surface area contributed by atoms with E-state index in [0.29, 0.717) is 0 Å². The Morgan fingerprint density at radius 1 is 0.750 bits per heavy atom. The molecule has 0 saturated carbocycles. The predicted molar refractivity (Wildman–Crippen MR) is 100 cm³/mol. The van der Waals surface area contributed by atoms with Gasteiger partial charge >= 0.3 is 26.2 Å². The standard InChI is InChI=1S/2C8H11.C4H11Si.2BrH.Zr/c2*1-3-8-6-4-5-7(8)2;1-3-5-4-2;;;/h2*4-6H,3H2,1-2H3;5H,3-4H2,1-2H3;2*1H;/q2*-1;;;;+4/p-2. The Morgan fingerprint density at radius 3 is 1.17 bits per heavy atom. The molecule has 0 saturated heterocycles. The van der Waals surface area contributed by atoms with Gasteiger partial charge in [-0.15, -0.1) is 0 Å². The molecule has 0 unspecified atom stereocenters. The van der Waals surface area contributed by atoms with Gasteiger partial charge in [0.1, 0.15) is 0 Å². The van der Waals surface area contributed by atoms with E-state index in [1.165, 1.54) is 47.2 Å². The molecule has 0 atom stereocenters. The van der Waals surface area contributed by atoms with Gasteiger partial charge in [0.05, 0.1) is 0 Å². The number of hydrogen-bond acceptors (Lipinski definition) is 0. The number of hydrogen-bond donors (Lipinski definition) is 0. The summed E-state index contributed by atoms with van der Waals surface area (Å²) in [5.74, 6) is 0. The molecule has 2 aromatic carbocycles. The Balaban J connectivity index is -0.000000121. The van der Waals surface area contributed by atoms with Crippen molar-refractivity contribution in [2.45, 2.75) is 66.5 Å². The van der Waals surface area contributed by atoms with Crippen LogP contribution >= 0.6 is 0 Å². The van der Waals surface area contributed by atoms with Gasteiger partial charge in [0.15, 0.2) is 0 Å². The van der Waals surface area contributed by atoms with E-state index < -0.39 is 0 Å². The maximum Gasteiger partial charge on any atom is 4.00 e. The molecule has 0 heterocycles. The van der Waals surface area contributed by atoms with E-state index in [-0.39, 0.29) is 60.2 Å². The molecule has 0 aliphatic heterocycles. The van der Waals surface area contributed by atoms with Crippen LogP contribution in [-0.2, 0) is 39.0 Å². The first-order valence-electron chi connectivity index (χ1n) is 8.34. The summed E-state index contributed by atoms with van der Waals surface area (Å²) in [5, 5.41) is 0. The third-order valence-electron chi connectivity index (χ3n) is 3.64. The molecule has 0 aromatic heterocycles. The zero-order valence-corrected chi connectivity index (χ0v) is 22.9. The molecule has 0 N–H and O–H groups in total. The van der Waals surface area contributed by atoms with Crippen LogP contribution in [0.25, 0.3) is 0 Å².